The lowest BCUT2D eigenvalue weighted by Gasteiger charge is -2.53. The molecule has 0 bridgehead atoms. The van der Waals surface area contributed by atoms with Crippen LogP contribution in [-0.2, 0) is 128 Å². The van der Waals surface area contributed by atoms with E-state index in [4.69, 9.17) is 109 Å². The van der Waals surface area contributed by atoms with Crippen molar-refractivity contribution >= 4 is 23.6 Å². The van der Waals surface area contributed by atoms with E-state index in [1.54, 1.807) is 0 Å². The van der Waals surface area contributed by atoms with Gasteiger partial charge in [-0.05, 0) is 20.8 Å². The van der Waals surface area contributed by atoms with Gasteiger partial charge in [0.25, 0.3) is 0 Å². The van der Waals surface area contributed by atoms with Crippen molar-refractivity contribution in [1.82, 2.24) is 21.3 Å². The molecular formula is C80H134N4O58. The largest absolute Gasteiger partial charge is 0.394 e. The molecular weight excluding hydrogens is 1940 g/mol. The zero-order valence-electron chi connectivity index (χ0n) is 76.9. The summed E-state index contributed by atoms with van der Waals surface area (Å²) in [5.41, 5.74) is 0. The maximum Gasteiger partial charge on any atom is 0.217 e. The van der Waals surface area contributed by atoms with Crippen molar-refractivity contribution in [1.29, 1.82) is 0 Å². The van der Waals surface area contributed by atoms with Crippen LogP contribution in [0, 0.1) is 0 Å². The normalized spacial score (nSPS) is 50.9. The Labute approximate surface area is 805 Å². The zero-order valence-corrected chi connectivity index (χ0v) is 76.9. The van der Waals surface area contributed by atoms with E-state index in [2.05, 4.69) is 21.3 Å². The number of carbonyl (C=O) groups excluding carboxylic acids is 4. The number of hydrogen-bond acceptors (Lipinski definition) is 58. The first-order chi connectivity index (χ1) is 67.1. The number of carbonyl (C=O) groups is 4. The van der Waals surface area contributed by atoms with Crippen LogP contribution in [0.25, 0.3) is 0 Å². The van der Waals surface area contributed by atoms with Gasteiger partial charge in [-0.1, -0.05) is 0 Å². The van der Waals surface area contributed by atoms with Crippen LogP contribution in [0.3, 0.4) is 0 Å². The van der Waals surface area contributed by atoms with E-state index in [1.807, 2.05) is 0 Å². The molecule has 62 heteroatoms. The second-order valence-electron chi connectivity index (χ2n) is 36.5. The molecule has 62 nitrogen and oxygen atoms in total. The van der Waals surface area contributed by atoms with E-state index in [0.717, 1.165) is 41.5 Å². The Morgan fingerprint density at radius 1 is 0.197 bits per heavy atom. The molecule has 142 heavy (non-hydrogen) atoms. The Morgan fingerprint density at radius 2 is 0.415 bits per heavy atom. The van der Waals surface area contributed by atoms with E-state index in [0.29, 0.717) is 0 Å². The fourth-order valence-electron chi connectivity index (χ4n) is 18.7. The third-order valence-corrected chi connectivity index (χ3v) is 26.6. The van der Waals surface area contributed by atoms with Crippen LogP contribution in [0.15, 0.2) is 0 Å². The van der Waals surface area contributed by atoms with Crippen LogP contribution in [0.5, 0.6) is 0 Å². The van der Waals surface area contributed by atoms with Crippen LogP contribution >= 0.6 is 0 Å². The van der Waals surface area contributed by atoms with Gasteiger partial charge in [0.1, 0.15) is 274 Å². The van der Waals surface area contributed by atoms with E-state index in [-0.39, 0.29) is 0 Å². The Hall–Kier alpha value is -4.28. The number of hydrogen-bond donors (Lipinski definition) is 35. The number of aliphatic hydroxyl groups excluding tert-OH is 31. The summed E-state index contributed by atoms with van der Waals surface area (Å²) in [5.74, 6) is -4.08. The maximum atomic E-state index is 13.7. The van der Waals surface area contributed by atoms with E-state index in [9.17, 15) is 177 Å². The second kappa shape index (κ2) is 50.3. The highest BCUT2D eigenvalue weighted by molar-refractivity contribution is 5.74. The first kappa shape index (κ1) is 116. The topological polar surface area (TPSA) is 956 Å². The zero-order chi connectivity index (χ0) is 104. The first-order valence-electron chi connectivity index (χ1n) is 45.7. The van der Waals surface area contributed by atoms with Crippen molar-refractivity contribution < 1.29 is 286 Å². The molecule has 0 aromatic rings. The van der Waals surface area contributed by atoms with Crippen molar-refractivity contribution in [2.75, 3.05) is 59.5 Å². The predicted molar refractivity (Wildman–Crippen MR) is 437 cm³/mol. The van der Waals surface area contributed by atoms with E-state index in [1.165, 1.54) is 6.92 Å². The Balaban J connectivity index is 0.938. The number of aliphatic hydroxyl groups is 31. The molecule has 60 atom stereocenters. The Bertz CT molecular complexity index is 3940. The van der Waals surface area contributed by atoms with E-state index < -0.39 is 451 Å². The number of amides is 4. The Morgan fingerprint density at radius 3 is 0.746 bits per heavy atom. The smallest absolute Gasteiger partial charge is 0.217 e. The van der Waals surface area contributed by atoms with Gasteiger partial charge in [0.2, 0.25) is 23.6 Å². The number of rotatable bonds is 35. The minimum Gasteiger partial charge on any atom is -0.394 e. The quantitative estimate of drug-likeness (QED) is 0.0280. The van der Waals surface area contributed by atoms with Gasteiger partial charge in [-0.15, -0.1) is 0 Å². The van der Waals surface area contributed by atoms with Crippen LogP contribution < -0.4 is 21.3 Å². The minimum absolute atomic E-state index is 0.874. The van der Waals surface area contributed by atoms with Gasteiger partial charge >= 0.3 is 0 Å². The van der Waals surface area contributed by atoms with Gasteiger partial charge in [-0.25, -0.2) is 0 Å². The second-order valence-corrected chi connectivity index (χ2v) is 36.5. The molecule has 0 radical (unpaired) electrons. The third-order valence-electron chi connectivity index (χ3n) is 26.6. The summed E-state index contributed by atoms with van der Waals surface area (Å²) in [6.45, 7) is -3.77. The summed E-state index contributed by atoms with van der Waals surface area (Å²) < 4.78 is 142. The molecule has 0 spiro atoms. The summed E-state index contributed by atoms with van der Waals surface area (Å²) in [6, 6.07) is -8.19. The van der Waals surface area contributed by atoms with Crippen molar-refractivity contribution in [3.8, 4) is 0 Å². The molecule has 0 aromatic carbocycles. The fourth-order valence-corrected chi connectivity index (χ4v) is 18.7. The van der Waals surface area contributed by atoms with E-state index >= 15 is 0 Å². The maximum absolute atomic E-state index is 13.7. The van der Waals surface area contributed by atoms with Crippen molar-refractivity contribution in [2.45, 2.75) is 417 Å². The van der Waals surface area contributed by atoms with Gasteiger partial charge in [0, 0.05) is 27.7 Å². The number of ether oxygens (including phenoxy) is 23. The average Bonchev–Trinajstić information content (AvgIpc) is 0.752. The van der Waals surface area contributed by atoms with Crippen molar-refractivity contribution in [2.24, 2.45) is 0 Å². The molecule has 12 heterocycles. The molecule has 822 valence electrons. The highest BCUT2D eigenvalue weighted by Crippen LogP contribution is 2.44. The summed E-state index contributed by atoms with van der Waals surface area (Å²) in [5, 5.41) is 362. The highest BCUT2D eigenvalue weighted by Gasteiger charge is 2.65. The van der Waals surface area contributed by atoms with Gasteiger partial charge in [-0.3, -0.25) is 19.2 Å². The van der Waals surface area contributed by atoms with Gasteiger partial charge < -0.3 is 289 Å². The monoisotopic (exact) mass is 2080 g/mol. The van der Waals surface area contributed by atoms with Crippen molar-refractivity contribution in [3.63, 3.8) is 0 Å². The molecule has 12 saturated heterocycles. The predicted octanol–water partition coefficient (Wildman–Crippen LogP) is -23.5. The molecule has 0 unspecified atom stereocenters. The summed E-state index contributed by atoms with van der Waals surface area (Å²) >= 11 is 0. The summed E-state index contributed by atoms with van der Waals surface area (Å²) in [6.07, 6.45) is -123. The minimum atomic E-state index is -2.68. The molecule has 12 fully saturated rings. The molecule has 35 N–H and O–H groups in total. The lowest BCUT2D eigenvalue weighted by molar-refractivity contribution is -0.419. The van der Waals surface area contributed by atoms with Gasteiger partial charge in [0.15, 0.2) is 75.5 Å². The van der Waals surface area contributed by atoms with Crippen molar-refractivity contribution in [3.05, 3.63) is 0 Å². The number of nitrogens with one attached hydrogen (secondary N) is 4. The van der Waals surface area contributed by atoms with Gasteiger partial charge in [-0.2, -0.15) is 0 Å². The lowest BCUT2D eigenvalue weighted by Crippen LogP contribution is -2.72. The standard InChI is InChI=1S/C80H134N4O58/c1-17-37(97)49(109)54(114)73(121-17)140-66-63(137-71-35(83-22(6)95)61(43(103)27(11-88)125-71)134-76-57(117)52(112)40(100)24(8-85)127-76)45(105)29(13-90)129-78(66)133-59-31(15-92)131-70(33(48(59)108)81-20(4)93)120-16-32-47(107)65(68(142-75-56(116)51(111)39(99)19(3)123-75)80(132-32)136-60-34(82-21(5)94)69(119)124-26(10-87)42(60)102)139-79-67(141-74-55(115)50(110)38(98)18(2)122-74)64(46(106)30(14-91)130-79)138-72-36(84-23(7)96)62(44(104)28(12-89)126-72)135-77-58(118)53(113)41(101)25(9-86)128-77/h17-19,24-80,85-92,97-119H,8-16H2,1-7H3,(H,81,93)(H,82,94)(H,83,95)(H,84,96)/t17-,18-,19-,24+,25+,26+,27+,28+,29+,30+,31+,32+,33+,34+,35+,36+,37+,38+,39+,40-,41-,42-,43-,44-,45-,46-,47-,48+,49+,50+,51+,52-,53-,54-,55-,56-,57+,58+,59+,60+,61+,62+,63-,64-,65-,66+,67+,68+,69-,70+,71+,72+,73-,74-,75-,76+,77+,78-,79-,80-/m0/s1. The van der Waals surface area contributed by atoms with Crippen LogP contribution in [-0.4, -0.2) is 610 Å². The summed E-state index contributed by atoms with van der Waals surface area (Å²) in [4.78, 5) is 53.5. The molecule has 0 aliphatic carbocycles. The highest BCUT2D eigenvalue weighted by atomic mass is 16.8. The molecule has 0 saturated carbocycles. The summed E-state index contributed by atoms with van der Waals surface area (Å²) in [7, 11) is 0. The third kappa shape index (κ3) is 25.2. The molecule has 4 amide bonds. The molecule has 12 rings (SSSR count). The van der Waals surface area contributed by atoms with Crippen LogP contribution in [0.4, 0.5) is 0 Å². The SMILES string of the molecule is CC(=O)N[C@@H]1[C@@H](O[C@@H]2O[C@H](CO[C@@H]3O[C@H](CO)[C@@H](O[C@@H]4O[C@H](CO)[C@H](O)[C@H](O[C@H]5O[C@H](CO)[C@H](O)[C@H](O[C@H]6O[C@H](CO)[C@H](O)[C@H](O)[C@H]6O)[C@H]5NC(C)=O)[C@H]4O[C@@H]4O[C@@H](C)[C@@H](O)[C@@H](O)[C@@H]4O)[C@H](O)[C@H]3NC(C)=O)[C@H](O)[C@H](O[C@@H]3O[C@H](CO)[C@H](O)[C@H](O[C@H]4O[C@H](CO)[C@H](O)[C@H](O[C@H]5O[C@H](CO)[C@H](O)[C@H](O)[C@H]5O)[C@H]4NC(C)=O)[C@H]3O[C@@H]3O[C@@H](C)[C@@H](O)[C@@H](O)[C@@H]3O)[C@H]2O[C@@H]2O[C@@H](C)[C@@H](O)[C@@H](O)[C@@H]2O)[C@@H](O)[C@@H](CO)O[C@@H]1O. The van der Waals surface area contributed by atoms with Gasteiger partial charge in [0.05, 0.1) is 77.8 Å². The van der Waals surface area contributed by atoms with Crippen LogP contribution in [0.1, 0.15) is 48.5 Å². The lowest BCUT2D eigenvalue weighted by atomic mass is 9.93. The Kier molecular flexibility index (Phi) is 41.2. The van der Waals surface area contributed by atoms with Crippen LogP contribution in [0.2, 0.25) is 0 Å². The fraction of sp³-hybridized carbons (Fsp3) is 0.950. The molecule has 12 aliphatic rings. The molecule has 0 aromatic heterocycles. The molecule has 12 aliphatic heterocycles. The first-order valence-corrected chi connectivity index (χ1v) is 45.7. The average molecular weight is 2080 g/mol.